The molecule has 1 aliphatic rings. The zero-order valence-corrected chi connectivity index (χ0v) is 17.9. The van der Waals surface area contributed by atoms with Crippen molar-refractivity contribution in [1.82, 2.24) is 9.29 Å². The summed E-state index contributed by atoms with van der Waals surface area (Å²) in [5.41, 5.74) is 0. The Kier molecular flexibility index (Phi) is 6.69. The van der Waals surface area contributed by atoms with Gasteiger partial charge >= 0.3 is 0 Å². The highest BCUT2D eigenvalue weighted by Gasteiger charge is 2.32. The molecule has 150 valence electrons. The van der Waals surface area contributed by atoms with Crippen LogP contribution < -0.4 is 10.1 Å². The van der Waals surface area contributed by atoms with Crippen LogP contribution in [0.1, 0.15) is 19.8 Å². The van der Waals surface area contributed by atoms with Crippen LogP contribution in [-0.2, 0) is 14.8 Å². The van der Waals surface area contributed by atoms with Crippen LogP contribution in [0.15, 0.2) is 52.0 Å². The van der Waals surface area contributed by atoms with E-state index in [0.717, 1.165) is 4.47 Å². The summed E-state index contributed by atoms with van der Waals surface area (Å²) < 4.78 is 33.3. The zero-order valence-electron chi connectivity index (χ0n) is 15.5. The first-order valence-electron chi connectivity index (χ1n) is 9.05. The predicted molar refractivity (Wildman–Crippen MR) is 110 cm³/mol. The van der Waals surface area contributed by atoms with Crippen LogP contribution in [0.5, 0.6) is 5.75 Å². The normalized spacial score (nSPS) is 15.9. The molecule has 0 saturated carbocycles. The molecule has 0 bridgehead atoms. The van der Waals surface area contributed by atoms with Crippen molar-refractivity contribution in [3.8, 4) is 5.75 Å². The molecular weight excluding hydrogens is 446 g/mol. The number of benzene rings is 1. The minimum atomic E-state index is -3.58. The van der Waals surface area contributed by atoms with Gasteiger partial charge in [0.05, 0.1) is 11.5 Å². The van der Waals surface area contributed by atoms with Gasteiger partial charge in [0.2, 0.25) is 15.9 Å². The Labute approximate surface area is 173 Å². The molecule has 3 rings (SSSR count). The van der Waals surface area contributed by atoms with Crippen molar-refractivity contribution >= 4 is 37.7 Å². The van der Waals surface area contributed by atoms with Crippen LogP contribution in [0.4, 0.5) is 5.82 Å². The van der Waals surface area contributed by atoms with Gasteiger partial charge in [-0.15, -0.1) is 0 Å². The van der Waals surface area contributed by atoms with Crippen molar-refractivity contribution < 1.29 is 17.9 Å². The molecule has 0 spiro atoms. The van der Waals surface area contributed by atoms with Gasteiger partial charge in [0, 0.05) is 29.7 Å². The summed E-state index contributed by atoms with van der Waals surface area (Å²) in [6.45, 7) is 3.01. The fourth-order valence-electron chi connectivity index (χ4n) is 3.06. The second-order valence-electron chi connectivity index (χ2n) is 6.43. The van der Waals surface area contributed by atoms with E-state index in [1.807, 2.05) is 6.92 Å². The van der Waals surface area contributed by atoms with E-state index < -0.39 is 10.0 Å². The van der Waals surface area contributed by atoms with E-state index in [2.05, 4.69) is 26.2 Å². The fraction of sp³-hybridized carbons (Fsp3) is 0.368. The van der Waals surface area contributed by atoms with Gasteiger partial charge in [-0.1, -0.05) is 0 Å². The number of hydrogen-bond donors (Lipinski definition) is 1. The highest BCUT2D eigenvalue weighted by Crippen LogP contribution is 2.26. The lowest BCUT2D eigenvalue weighted by molar-refractivity contribution is -0.120. The van der Waals surface area contributed by atoms with E-state index in [0.29, 0.717) is 44.1 Å². The quantitative estimate of drug-likeness (QED) is 0.703. The van der Waals surface area contributed by atoms with Gasteiger partial charge in [0.1, 0.15) is 11.6 Å². The Morgan fingerprint density at radius 3 is 2.46 bits per heavy atom. The molecule has 1 N–H and O–H groups in total. The van der Waals surface area contributed by atoms with Crippen molar-refractivity contribution in [2.45, 2.75) is 24.7 Å². The van der Waals surface area contributed by atoms with Gasteiger partial charge in [-0.25, -0.2) is 13.4 Å². The number of carbonyl (C=O) groups excluding carboxylic acids is 1. The van der Waals surface area contributed by atoms with Crippen LogP contribution in [0, 0.1) is 5.92 Å². The summed E-state index contributed by atoms with van der Waals surface area (Å²) >= 11 is 3.30. The van der Waals surface area contributed by atoms with Crippen molar-refractivity contribution in [3.63, 3.8) is 0 Å². The van der Waals surface area contributed by atoms with E-state index in [9.17, 15) is 13.2 Å². The van der Waals surface area contributed by atoms with Crippen LogP contribution >= 0.6 is 15.9 Å². The van der Waals surface area contributed by atoms with Gasteiger partial charge in [0.15, 0.2) is 0 Å². The number of amides is 1. The average Bonchev–Trinajstić information content (AvgIpc) is 2.70. The largest absolute Gasteiger partial charge is 0.494 e. The molecule has 0 atom stereocenters. The highest BCUT2D eigenvalue weighted by molar-refractivity contribution is 9.10. The Bertz CT molecular complexity index is 909. The number of anilines is 1. The van der Waals surface area contributed by atoms with Crippen LogP contribution in [0.3, 0.4) is 0 Å². The van der Waals surface area contributed by atoms with Crippen molar-refractivity contribution in [3.05, 3.63) is 47.1 Å². The average molecular weight is 468 g/mol. The minimum absolute atomic E-state index is 0.132. The van der Waals surface area contributed by atoms with E-state index >= 15 is 0 Å². The molecular formula is C19H22BrN3O4S. The lowest BCUT2D eigenvalue weighted by atomic mass is 9.97. The molecule has 28 heavy (non-hydrogen) atoms. The van der Waals surface area contributed by atoms with Gasteiger partial charge in [-0.2, -0.15) is 4.31 Å². The number of halogens is 1. The third kappa shape index (κ3) is 4.89. The molecule has 1 aliphatic heterocycles. The topological polar surface area (TPSA) is 88.6 Å². The second kappa shape index (κ2) is 9.02. The fourth-order valence-corrected chi connectivity index (χ4v) is 4.76. The van der Waals surface area contributed by atoms with Crippen LogP contribution in [0.2, 0.25) is 0 Å². The van der Waals surface area contributed by atoms with E-state index in [1.54, 1.807) is 42.6 Å². The smallest absolute Gasteiger partial charge is 0.243 e. The Morgan fingerprint density at radius 2 is 1.89 bits per heavy atom. The third-order valence-electron chi connectivity index (χ3n) is 4.58. The number of rotatable bonds is 6. The molecule has 9 heteroatoms. The second-order valence-corrected chi connectivity index (χ2v) is 9.29. The standard InChI is InChI=1S/C19H22BrN3O4S/c1-2-27-16-4-6-17(7-5-16)28(25,26)23-11-9-14(10-12-23)19(24)22-18-8-3-15(20)13-21-18/h3-8,13-14H,2,9-12H2,1H3,(H,21,22,24). The number of sulfonamides is 1. The Balaban J connectivity index is 1.59. The number of hydrogen-bond acceptors (Lipinski definition) is 5. The lowest BCUT2D eigenvalue weighted by Crippen LogP contribution is -2.41. The number of aromatic nitrogens is 1. The summed E-state index contributed by atoms with van der Waals surface area (Å²) in [5, 5.41) is 2.79. The first-order valence-corrected chi connectivity index (χ1v) is 11.3. The van der Waals surface area contributed by atoms with E-state index in [4.69, 9.17) is 4.74 Å². The van der Waals surface area contributed by atoms with Gasteiger partial charge in [-0.05, 0) is 72.1 Å². The SMILES string of the molecule is CCOc1ccc(S(=O)(=O)N2CCC(C(=O)Nc3ccc(Br)cn3)CC2)cc1. The van der Waals surface area contributed by atoms with Gasteiger partial charge < -0.3 is 10.1 Å². The molecule has 0 aliphatic carbocycles. The molecule has 2 aromatic rings. The number of pyridine rings is 1. The molecule has 1 aromatic heterocycles. The highest BCUT2D eigenvalue weighted by atomic mass is 79.9. The molecule has 0 radical (unpaired) electrons. The molecule has 1 aromatic carbocycles. The summed E-state index contributed by atoms with van der Waals surface area (Å²) in [5.74, 6) is 0.751. The zero-order chi connectivity index (χ0) is 20.1. The summed E-state index contributed by atoms with van der Waals surface area (Å²) in [6, 6.07) is 9.93. The van der Waals surface area contributed by atoms with E-state index in [1.165, 1.54) is 4.31 Å². The summed E-state index contributed by atoms with van der Waals surface area (Å²) in [6.07, 6.45) is 2.55. The molecule has 2 heterocycles. The van der Waals surface area contributed by atoms with Crippen molar-refractivity contribution in [2.24, 2.45) is 5.92 Å². The van der Waals surface area contributed by atoms with Crippen LogP contribution in [0.25, 0.3) is 0 Å². The molecule has 0 unspecified atom stereocenters. The minimum Gasteiger partial charge on any atom is -0.494 e. The first kappa shape index (κ1) is 20.8. The maximum Gasteiger partial charge on any atom is 0.243 e. The monoisotopic (exact) mass is 467 g/mol. The number of ether oxygens (including phenoxy) is 1. The number of nitrogens with one attached hydrogen (secondary N) is 1. The first-order chi connectivity index (χ1) is 13.4. The predicted octanol–water partition coefficient (Wildman–Crippen LogP) is 3.28. The molecule has 1 saturated heterocycles. The maximum atomic E-state index is 12.8. The van der Waals surface area contributed by atoms with Crippen LogP contribution in [-0.4, -0.2) is 43.3 Å². The Hall–Kier alpha value is -1.97. The van der Waals surface area contributed by atoms with Crippen molar-refractivity contribution in [1.29, 1.82) is 0 Å². The number of carbonyl (C=O) groups is 1. The maximum absolute atomic E-state index is 12.8. The molecule has 7 nitrogen and oxygen atoms in total. The van der Waals surface area contributed by atoms with Gasteiger partial charge in [0.25, 0.3) is 0 Å². The Morgan fingerprint density at radius 1 is 1.21 bits per heavy atom. The number of piperidine rings is 1. The molecule has 1 amide bonds. The third-order valence-corrected chi connectivity index (χ3v) is 6.96. The summed E-state index contributed by atoms with van der Waals surface area (Å²) in [4.78, 5) is 16.8. The van der Waals surface area contributed by atoms with Crippen molar-refractivity contribution in [2.75, 3.05) is 25.0 Å². The molecule has 1 fully saturated rings. The van der Waals surface area contributed by atoms with Gasteiger partial charge in [-0.3, -0.25) is 4.79 Å². The van der Waals surface area contributed by atoms with E-state index in [-0.39, 0.29) is 16.7 Å². The number of nitrogens with zero attached hydrogens (tertiary/aromatic N) is 2. The lowest BCUT2D eigenvalue weighted by Gasteiger charge is -2.30. The summed E-state index contributed by atoms with van der Waals surface area (Å²) in [7, 11) is -3.58.